The first kappa shape index (κ1) is 19.3. The van der Waals surface area contributed by atoms with Crippen LogP contribution >= 0.6 is 0 Å². The predicted molar refractivity (Wildman–Crippen MR) is 83.1 cm³/mol. The van der Waals surface area contributed by atoms with Gasteiger partial charge in [-0.15, -0.1) is 0 Å². The Kier molecular flexibility index (Phi) is 4.80. The van der Waals surface area contributed by atoms with E-state index in [0.29, 0.717) is 0 Å². The second kappa shape index (κ2) is 6.95. The summed E-state index contributed by atoms with van der Waals surface area (Å²) in [4.78, 5) is 7.79. The van der Waals surface area contributed by atoms with Gasteiger partial charge >= 0.3 is 12.4 Å². The smallest absolute Gasteiger partial charge is 0.240 e. The molecule has 0 N–H and O–H groups in total. The summed E-state index contributed by atoms with van der Waals surface area (Å²) < 4.78 is 78.2. The number of alkyl halides is 6. The zero-order valence-corrected chi connectivity index (χ0v) is 13.8. The van der Waals surface area contributed by atoms with E-state index in [1.165, 1.54) is 12.4 Å². The molecule has 0 spiro atoms. The molecule has 0 aliphatic rings. The largest absolute Gasteiger partial charge is 0.435 e. The van der Waals surface area contributed by atoms with Gasteiger partial charge in [-0.3, -0.25) is 0 Å². The average Bonchev–Trinajstić information content (AvgIpc) is 3.06. The van der Waals surface area contributed by atoms with Gasteiger partial charge in [0.2, 0.25) is 0 Å². The van der Waals surface area contributed by atoms with Crippen molar-refractivity contribution in [2.75, 3.05) is 0 Å². The molecule has 3 aromatic rings. The average molecular weight is 397 g/mol. The highest BCUT2D eigenvalue weighted by molar-refractivity contribution is 5.38. The van der Waals surface area contributed by atoms with Gasteiger partial charge in [-0.1, -0.05) is 0 Å². The van der Waals surface area contributed by atoms with Crippen molar-refractivity contribution < 1.29 is 26.3 Å². The van der Waals surface area contributed by atoms with Gasteiger partial charge in [0.1, 0.15) is 11.9 Å². The van der Waals surface area contributed by atoms with Crippen LogP contribution in [0.5, 0.6) is 0 Å². The quantitative estimate of drug-likeness (QED) is 0.623. The molecule has 2 aromatic heterocycles. The Morgan fingerprint density at radius 3 is 2.04 bits per heavy atom. The highest BCUT2D eigenvalue weighted by Gasteiger charge is 2.35. The standard InChI is InChI=1S/C17H9F6N5/c18-16(19,20)11-1-3-12(4-2-11)28-13(5-14(27-28)17(21,22)23)6-15-25-8-10(7-24)9-26-15/h1-5,8-9H,6H2. The molecule has 5 nitrogen and oxygen atoms in total. The fraction of sp³-hybridized carbons (Fsp3) is 0.176. The van der Waals surface area contributed by atoms with E-state index >= 15 is 0 Å². The summed E-state index contributed by atoms with van der Waals surface area (Å²) in [5.74, 6) is 0.126. The normalized spacial score (nSPS) is 12.0. The maximum atomic E-state index is 13.1. The molecule has 1 aromatic carbocycles. The molecule has 11 heteroatoms. The lowest BCUT2D eigenvalue weighted by molar-refractivity contribution is -0.141. The Morgan fingerprint density at radius 1 is 0.929 bits per heavy atom. The van der Waals surface area contributed by atoms with Crippen LogP contribution in [-0.2, 0) is 18.8 Å². The monoisotopic (exact) mass is 397 g/mol. The first-order valence-corrected chi connectivity index (χ1v) is 7.63. The van der Waals surface area contributed by atoms with Crippen molar-refractivity contribution in [3.8, 4) is 11.8 Å². The third kappa shape index (κ3) is 4.11. The zero-order valence-electron chi connectivity index (χ0n) is 13.8. The molecule has 144 valence electrons. The van der Waals surface area contributed by atoms with Crippen molar-refractivity contribution in [2.24, 2.45) is 0 Å². The molecule has 0 aliphatic heterocycles. The van der Waals surface area contributed by atoms with Gasteiger partial charge < -0.3 is 0 Å². The molecule has 0 amide bonds. The summed E-state index contributed by atoms with van der Waals surface area (Å²) >= 11 is 0. The van der Waals surface area contributed by atoms with Gasteiger partial charge in [0.15, 0.2) is 5.69 Å². The summed E-state index contributed by atoms with van der Waals surface area (Å²) in [6.45, 7) is 0. The number of hydrogen-bond donors (Lipinski definition) is 0. The Morgan fingerprint density at radius 2 is 1.54 bits per heavy atom. The SMILES string of the molecule is N#Cc1cnc(Cc2cc(C(F)(F)F)nn2-c2ccc(C(F)(F)F)cc2)nc1. The lowest BCUT2D eigenvalue weighted by atomic mass is 10.2. The fourth-order valence-corrected chi connectivity index (χ4v) is 2.37. The molecule has 0 radical (unpaired) electrons. The van der Waals surface area contributed by atoms with Crippen LogP contribution < -0.4 is 0 Å². The molecule has 28 heavy (non-hydrogen) atoms. The second-order valence-corrected chi connectivity index (χ2v) is 5.65. The minimum absolute atomic E-state index is 0.0205. The van der Waals surface area contributed by atoms with Gasteiger partial charge in [0, 0.05) is 12.4 Å². The minimum atomic E-state index is -4.74. The van der Waals surface area contributed by atoms with E-state index in [0.717, 1.165) is 35.0 Å². The number of benzene rings is 1. The van der Waals surface area contributed by atoms with E-state index in [1.54, 1.807) is 0 Å². The van der Waals surface area contributed by atoms with Crippen LogP contribution in [0.3, 0.4) is 0 Å². The molecule has 0 fully saturated rings. The van der Waals surface area contributed by atoms with E-state index in [4.69, 9.17) is 5.26 Å². The van der Waals surface area contributed by atoms with Crippen LogP contribution in [0.2, 0.25) is 0 Å². The van der Waals surface area contributed by atoms with E-state index < -0.39 is 23.6 Å². The van der Waals surface area contributed by atoms with Gasteiger partial charge in [0.25, 0.3) is 0 Å². The lowest BCUT2D eigenvalue weighted by Crippen LogP contribution is -2.09. The second-order valence-electron chi connectivity index (χ2n) is 5.65. The van der Waals surface area contributed by atoms with Crippen LogP contribution in [0, 0.1) is 11.3 Å². The number of rotatable bonds is 3. The highest BCUT2D eigenvalue weighted by Crippen LogP contribution is 2.32. The number of hydrogen-bond acceptors (Lipinski definition) is 4. The Hall–Kier alpha value is -3.42. The molecular formula is C17H9F6N5. The maximum absolute atomic E-state index is 13.1. The number of nitriles is 1. The molecule has 0 saturated carbocycles. The molecule has 0 unspecified atom stereocenters. The zero-order chi connectivity index (χ0) is 20.5. The van der Waals surface area contributed by atoms with Crippen LogP contribution in [0.4, 0.5) is 26.3 Å². The predicted octanol–water partition coefficient (Wildman–Crippen LogP) is 4.16. The van der Waals surface area contributed by atoms with Crippen molar-refractivity contribution in [3.63, 3.8) is 0 Å². The van der Waals surface area contributed by atoms with Crippen molar-refractivity contribution >= 4 is 0 Å². The molecule has 0 atom stereocenters. The molecule has 2 heterocycles. The third-order valence-corrected chi connectivity index (χ3v) is 3.69. The van der Waals surface area contributed by atoms with Crippen molar-refractivity contribution in [3.05, 3.63) is 71.1 Å². The third-order valence-electron chi connectivity index (χ3n) is 3.69. The number of nitrogens with zero attached hydrogens (tertiary/aromatic N) is 5. The molecule has 0 saturated heterocycles. The Balaban J connectivity index is 2.01. The summed E-state index contributed by atoms with van der Waals surface area (Å²) in [5.41, 5.74) is -1.91. The van der Waals surface area contributed by atoms with Gasteiger partial charge in [-0.2, -0.15) is 36.7 Å². The van der Waals surface area contributed by atoms with Crippen LogP contribution in [0.1, 0.15) is 28.3 Å². The molecule has 3 rings (SSSR count). The first-order chi connectivity index (χ1) is 13.1. The summed E-state index contributed by atoms with van der Waals surface area (Å²) in [6, 6.07) is 6.16. The molecule has 0 bridgehead atoms. The number of aromatic nitrogens is 4. The lowest BCUT2D eigenvalue weighted by Gasteiger charge is -2.10. The Bertz CT molecular complexity index is 1010. The Labute approximate surface area is 153 Å². The summed E-state index contributed by atoms with van der Waals surface area (Å²) in [6.07, 6.45) is -7.05. The topological polar surface area (TPSA) is 67.4 Å². The van der Waals surface area contributed by atoms with Gasteiger partial charge in [-0.05, 0) is 30.3 Å². The summed E-state index contributed by atoms with van der Waals surface area (Å²) in [5, 5.41) is 12.2. The van der Waals surface area contributed by atoms with E-state index in [9.17, 15) is 26.3 Å². The maximum Gasteiger partial charge on any atom is 0.435 e. The van der Waals surface area contributed by atoms with Crippen molar-refractivity contribution in [1.82, 2.24) is 19.7 Å². The van der Waals surface area contributed by atoms with Gasteiger partial charge in [0.05, 0.1) is 28.9 Å². The van der Waals surface area contributed by atoms with Crippen LogP contribution in [-0.4, -0.2) is 19.7 Å². The van der Waals surface area contributed by atoms with Gasteiger partial charge in [-0.25, -0.2) is 14.6 Å². The van der Waals surface area contributed by atoms with E-state index in [1.807, 2.05) is 6.07 Å². The minimum Gasteiger partial charge on any atom is -0.240 e. The molecular weight excluding hydrogens is 388 g/mol. The highest BCUT2D eigenvalue weighted by atomic mass is 19.4. The molecule has 0 aliphatic carbocycles. The summed E-state index contributed by atoms with van der Waals surface area (Å²) in [7, 11) is 0. The fourth-order valence-electron chi connectivity index (χ4n) is 2.37. The van der Waals surface area contributed by atoms with Crippen LogP contribution in [0.15, 0.2) is 42.7 Å². The van der Waals surface area contributed by atoms with Crippen LogP contribution in [0.25, 0.3) is 5.69 Å². The van der Waals surface area contributed by atoms with Crippen molar-refractivity contribution in [2.45, 2.75) is 18.8 Å². The first-order valence-electron chi connectivity index (χ1n) is 7.63. The van der Waals surface area contributed by atoms with E-state index in [-0.39, 0.29) is 29.2 Å². The van der Waals surface area contributed by atoms with E-state index in [2.05, 4.69) is 15.1 Å². The van der Waals surface area contributed by atoms with Crippen molar-refractivity contribution in [1.29, 1.82) is 5.26 Å². The number of halogens is 6.